The zero-order valence-electron chi connectivity index (χ0n) is 11.4. The van der Waals surface area contributed by atoms with Crippen molar-refractivity contribution >= 4 is 11.8 Å². The molecular formula is C14H15NO7. The van der Waals surface area contributed by atoms with Gasteiger partial charge in [0, 0.05) is 0 Å². The van der Waals surface area contributed by atoms with Gasteiger partial charge in [-0.3, -0.25) is 14.5 Å². The summed E-state index contributed by atoms with van der Waals surface area (Å²) in [5.74, 6) is -1.07. The second-order valence-corrected chi connectivity index (χ2v) is 5.30. The van der Waals surface area contributed by atoms with Gasteiger partial charge >= 0.3 is 0 Å². The first-order valence-electron chi connectivity index (χ1n) is 6.74. The zero-order chi connectivity index (χ0) is 16.0. The van der Waals surface area contributed by atoms with Crippen LogP contribution in [0.1, 0.15) is 20.7 Å². The zero-order valence-corrected chi connectivity index (χ0v) is 11.4. The van der Waals surface area contributed by atoms with Crippen LogP contribution in [-0.4, -0.2) is 74.4 Å². The monoisotopic (exact) mass is 309 g/mol. The SMILES string of the molecule is O=C1c2ccccc2C(=O)N1C[C@H]1OC(O)[C@H](O)[C@@H](O)[C@H]1O. The van der Waals surface area contributed by atoms with E-state index in [-0.39, 0.29) is 17.7 Å². The van der Waals surface area contributed by atoms with Gasteiger partial charge in [0.1, 0.15) is 24.4 Å². The van der Waals surface area contributed by atoms with E-state index in [0.717, 1.165) is 4.90 Å². The van der Waals surface area contributed by atoms with Crippen molar-refractivity contribution in [3.05, 3.63) is 35.4 Å². The molecular weight excluding hydrogens is 294 g/mol. The molecule has 118 valence electrons. The van der Waals surface area contributed by atoms with Crippen molar-refractivity contribution in [2.24, 2.45) is 0 Å². The predicted molar refractivity (Wildman–Crippen MR) is 70.7 cm³/mol. The molecule has 1 saturated heterocycles. The number of ether oxygens (including phenoxy) is 1. The summed E-state index contributed by atoms with van der Waals surface area (Å²) in [7, 11) is 0. The highest BCUT2D eigenvalue weighted by Gasteiger charge is 2.46. The maximum absolute atomic E-state index is 12.2. The van der Waals surface area contributed by atoms with Gasteiger partial charge in [-0.2, -0.15) is 0 Å². The molecule has 8 nitrogen and oxygen atoms in total. The van der Waals surface area contributed by atoms with Crippen LogP contribution in [0.25, 0.3) is 0 Å². The number of rotatable bonds is 2. The van der Waals surface area contributed by atoms with E-state index in [4.69, 9.17) is 4.74 Å². The molecule has 0 radical (unpaired) electrons. The largest absolute Gasteiger partial charge is 0.388 e. The number of imide groups is 1. The van der Waals surface area contributed by atoms with Crippen LogP contribution in [-0.2, 0) is 4.74 Å². The number of hydrogen-bond acceptors (Lipinski definition) is 7. The Kier molecular flexibility index (Phi) is 3.71. The molecule has 2 aliphatic rings. The molecule has 8 heteroatoms. The molecule has 4 N–H and O–H groups in total. The number of aliphatic hydroxyl groups is 4. The molecule has 2 heterocycles. The van der Waals surface area contributed by atoms with Crippen LogP contribution in [0.3, 0.4) is 0 Å². The third-order valence-corrected chi connectivity index (χ3v) is 3.93. The van der Waals surface area contributed by atoms with Crippen molar-refractivity contribution in [2.75, 3.05) is 6.54 Å². The quantitative estimate of drug-likeness (QED) is 0.469. The van der Waals surface area contributed by atoms with Gasteiger partial charge in [0.2, 0.25) is 0 Å². The van der Waals surface area contributed by atoms with E-state index < -0.39 is 42.5 Å². The van der Waals surface area contributed by atoms with Crippen LogP contribution in [0, 0.1) is 0 Å². The van der Waals surface area contributed by atoms with Crippen LogP contribution in [0.4, 0.5) is 0 Å². The Morgan fingerprint density at radius 3 is 2.00 bits per heavy atom. The minimum atomic E-state index is -1.71. The van der Waals surface area contributed by atoms with E-state index in [1.165, 1.54) is 12.1 Å². The molecule has 1 fully saturated rings. The molecule has 0 saturated carbocycles. The molecule has 5 atom stereocenters. The lowest BCUT2D eigenvalue weighted by Gasteiger charge is -2.39. The number of hydrogen-bond donors (Lipinski definition) is 4. The Hall–Kier alpha value is -1.84. The summed E-state index contributed by atoms with van der Waals surface area (Å²) in [6.07, 6.45) is -7.74. The van der Waals surface area contributed by atoms with Crippen LogP contribution in [0.5, 0.6) is 0 Å². The third kappa shape index (κ3) is 2.21. The number of carbonyl (C=O) groups is 2. The number of benzene rings is 1. The molecule has 1 aromatic carbocycles. The normalized spacial score (nSPS) is 34.9. The number of aliphatic hydroxyl groups excluding tert-OH is 4. The number of fused-ring (bicyclic) bond motifs is 1. The fourth-order valence-electron chi connectivity index (χ4n) is 2.67. The van der Waals surface area contributed by atoms with Crippen molar-refractivity contribution in [2.45, 2.75) is 30.7 Å². The van der Waals surface area contributed by atoms with Gasteiger partial charge < -0.3 is 25.2 Å². The summed E-state index contributed by atoms with van der Waals surface area (Å²) in [5.41, 5.74) is 0.498. The fraction of sp³-hybridized carbons (Fsp3) is 0.429. The van der Waals surface area contributed by atoms with Gasteiger partial charge in [0.25, 0.3) is 11.8 Å². The molecule has 0 aliphatic carbocycles. The Morgan fingerprint density at radius 2 is 1.45 bits per heavy atom. The van der Waals surface area contributed by atoms with Crippen molar-refractivity contribution in [3.63, 3.8) is 0 Å². The molecule has 1 unspecified atom stereocenters. The van der Waals surface area contributed by atoms with Crippen LogP contribution in [0.2, 0.25) is 0 Å². The average Bonchev–Trinajstić information content (AvgIpc) is 2.76. The van der Waals surface area contributed by atoms with Gasteiger partial charge in [-0.15, -0.1) is 0 Å². The molecule has 2 amide bonds. The van der Waals surface area contributed by atoms with E-state index in [9.17, 15) is 30.0 Å². The molecule has 3 rings (SSSR count). The first-order chi connectivity index (χ1) is 10.4. The van der Waals surface area contributed by atoms with Gasteiger partial charge in [-0.05, 0) is 12.1 Å². The smallest absolute Gasteiger partial charge is 0.261 e. The van der Waals surface area contributed by atoms with Crippen LogP contribution >= 0.6 is 0 Å². The summed E-state index contributed by atoms with van der Waals surface area (Å²) >= 11 is 0. The minimum absolute atomic E-state index is 0.249. The Labute approximate surface area is 125 Å². The fourth-order valence-corrected chi connectivity index (χ4v) is 2.67. The highest BCUT2D eigenvalue weighted by Crippen LogP contribution is 2.26. The van der Waals surface area contributed by atoms with Gasteiger partial charge in [-0.1, -0.05) is 12.1 Å². The Balaban J connectivity index is 1.80. The minimum Gasteiger partial charge on any atom is -0.388 e. The summed E-state index contributed by atoms with van der Waals surface area (Å²) in [5, 5.41) is 38.4. The number of amides is 2. The van der Waals surface area contributed by atoms with Gasteiger partial charge in [-0.25, -0.2) is 0 Å². The number of nitrogens with zero attached hydrogens (tertiary/aromatic N) is 1. The molecule has 0 spiro atoms. The predicted octanol–water partition coefficient (Wildman–Crippen LogP) is -1.92. The van der Waals surface area contributed by atoms with Crippen molar-refractivity contribution in [1.29, 1.82) is 0 Å². The molecule has 22 heavy (non-hydrogen) atoms. The standard InChI is InChI=1S/C14H15NO7/c16-9-8(22-14(21)11(18)10(9)17)5-15-12(19)6-3-1-2-4-7(6)13(15)20/h1-4,8-11,14,16-18,21H,5H2/t8-,9+,10+,11-,14?/m1/s1. The van der Waals surface area contributed by atoms with Crippen molar-refractivity contribution < 1.29 is 34.8 Å². The third-order valence-electron chi connectivity index (χ3n) is 3.93. The lowest BCUT2D eigenvalue weighted by molar-refractivity contribution is -0.281. The van der Waals surface area contributed by atoms with E-state index in [1.54, 1.807) is 12.1 Å². The van der Waals surface area contributed by atoms with E-state index in [1.807, 2.05) is 0 Å². The van der Waals surface area contributed by atoms with Crippen molar-refractivity contribution in [3.8, 4) is 0 Å². The van der Waals surface area contributed by atoms with Crippen LogP contribution in [0.15, 0.2) is 24.3 Å². The molecule has 0 bridgehead atoms. The second-order valence-electron chi connectivity index (χ2n) is 5.30. The van der Waals surface area contributed by atoms with Gasteiger partial charge in [0.05, 0.1) is 17.7 Å². The maximum Gasteiger partial charge on any atom is 0.261 e. The molecule has 0 aromatic heterocycles. The number of carbonyl (C=O) groups excluding carboxylic acids is 2. The lowest BCUT2D eigenvalue weighted by atomic mass is 9.98. The second kappa shape index (κ2) is 5.41. The molecule has 2 aliphatic heterocycles. The van der Waals surface area contributed by atoms with Gasteiger partial charge in [0.15, 0.2) is 6.29 Å². The summed E-state index contributed by atoms with van der Waals surface area (Å²) in [6.45, 7) is -0.339. The van der Waals surface area contributed by atoms with Crippen LogP contribution < -0.4 is 0 Å². The highest BCUT2D eigenvalue weighted by molar-refractivity contribution is 6.21. The van der Waals surface area contributed by atoms with E-state index in [2.05, 4.69) is 0 Å². The lowest BCUT2D eigenvalue weighted by Crippen LogP contribution is -2.60. The Morgan fingerprint density at radius 1 is 0.909 bits per heavy atom. The first kappa shape index (κ1) is 15.1. The molecule has 1 aromatic rings. The average molecular weight is 309 g/mol. The maximum atomic E-state index is 12.2. The first-order valence-corrected chi connectivity index (χ1v) is 6.74. The van der Waals surface area contributed by atoms with E-state index in [0.29, 0.717) is 0 Å². The van der Waals surface area contributed by atoms with Crippen molar-refractivity contribution in [1.82, 2.24) is 4.90 Å². The summed E-state index contributed by atoms with van der Waals surface area (Å²) in [6, 6.07) is 6.29. The summed E-state index contributed by atoms with van der Waals surface area (Å²) in [4.78, 5) is 25.3. The summed E-state index contributed by atoms with van der Waals surface area (Å²) < 4.78 is 4.99. The highest BCUT2D eigenvalue weighted by atomic mass is 16.6. The van der Waals surface area contributed by atoms with E-state index >= 15 is 0 Å². The topological polar surface area (TPSA) is 128 Å². The Bertz CT molecular complexity index is 584.